The Morgan fingerprint density at radius 2 is 2.42 bits per heavy atom. The summed E-state index contributed by atoms with van der Waals surface area (Å²) in [6.45, 7) is 0.871. The number of thioether (sulfide) groups is 1. The van der Waals surface area contributed by atoms with Crippen molar-refractivity contribution in [3.05, 3.63) is 20.8 Å². The minimum absolute atomic E-state index is 0.122. The van der Waals surface area contributed by atoms with E-state index in [9.17, 15) is 0 Å². The molecule has 1 spiro atoms. The van der Waals surface area contributed by atoms with Crippen LogP contribution in [0.2, 0.25) is 0 Å². The SMILES string of the molecule is NNC(c1ccc(Br)s1)C1CCOC2(CCSC2)C1. The van der Waals surface area contributed by atoms with Crippen LogP contribution in [0.5, 0.6) is 0 Å². The zero-order chi connectivity index (χ0) is 13.3. The molecule has 2 fully saturated rings. The molecule has 0 bridgehead atoms. The first-order valence-electron chi connectivity index (χ1n) is 6.65. The van der Waals surface area contributed by atoms with E-state index in [0.29, 0.717) is 5.92 Å². The molecular formula is C13H19BrN2OS2. The van der Waals surface area contributed by atoms with Gasteiger partial charge in [-0.05, 0) is 59.0 Å². The fraction of sp³-hybridized carbons (Fsp3) is 0.692. The molecule has 3 nitrogen and oxygen atoms in total. The third-order valence-corrected chi connectivity index (χ3v) is 7.08. The number of hydrogen-bond acceptors (Lipinski definition) is 5. The molecule has 106 valence electrons. The van der Waals surface area contributed by atoms with E-state index >= 15 is 0 Å². The fourth-order valence-corrected chi connectivity index (χ4v) is 6.12. The lowest BCUT2D eigenvalue weighted by Gasteiger charge is -2.40. The van der Waals surface area contributed by atoms with Crippen LogP contribution in [0.4, 0.5) is 0 Å². The average molecular weight is 363 g/mol. The van der Waals surface area contributed by atoms with Gasteiger partial charge in [-0.25, -0.2) is 0 Å². The summed E-state index contributed by atoms with van der Waals surface area (Å²) in [5.41, 5.74) is 3.16. The summed E-state index contributed by atoms with van der Waals surface area (Å²) >= 11 is 7.33. The van der Waals surface area contributed by atoms with Crippen LogP contribution in [0.25, 0.3) is 0 Å². The number of nitrogens with one attached hydrogen (secondary N) is 1. The Hall–Kier alpha value is 0.410. The molecule has 3 rings (SSSR count). The van der Waals surface area contributed by atoms with Crippen molar-refractivity contribution >= 4 is 39.0 Å². The van der Waals surface area contributed by atoms with E-state index in [1.807, 2.05) is 11.8 Å². The number of hydrazine groups is 1. The van der Waals surface area contributed by atoms with Gasteiger partial charge in [-0.15, -0.1) is 11.3 Å². The quantitative estimate of drug-likeness (QED) is 0.639. The molecular weight excluding hydrogens is 344 g/mol. The summed E-state index contributed by atoms with van der Waals surface area (Å²) in [4.78, 5) is 1.32. The van der Waals surface area contributed by atoms with Gasteiger partial charge in [0.2, 0.25) is 0 Å². The Balaban J connectivity index is 1.76. The summed E-state index contributed by atoms with van der Waals surface area (Å²) in [5.74, 6) is 8.78. The lowest BCUT2D eigenvalue weighted by atomic mass is 9.81. The van der Waals surface area contributed by atoms with E-state index in [1.54, 1.807) is 11.3 Å². The zero-order valence-electron chi connectivity index (χ0n) is 10.7. The van der Waals surface area contributed by atoms with E-state index in [2.05, 4.69) is 33.5 Å². The number of rotatable bonds is 3. The van der Waals surface area contributed by atoms with E-state index in [4.69, 9.17) is 10.6 Å². The first-order chi connectivity index (χ1) is 9.22. The van der Waals surface area contributed by atoms with Gasteiger partial charge in [-0.3, -0.25) is 11.3 Å². The monoisotopic (exact) mass is 362 g/mol. The van der Waals surface area contributed by atoms with Gasteiger partial charge in [0, 0.05) is 17.2 Å². The van der Waals surface area contributed by atoms with Gasteiger partial charge in [0.1, 0.15) is 0 Å². The number of halogens is 1. The number of ether oxygens (including phenoxy) is 1. The first-order valence-corrected chi connectivity index (χ1v) is 9.42. The van der Waals surface area contributed by atoms with Crippen LogP contribution in [-0.4, -0.2) is 23.7 Å². The van der Waals surface area contributed by atoms with Crippen molar-refractivity contribution in [1.29, 1.82) is 0 Å². The second-order valence-corrected chi connectivity index (χ2v) is 8.97. The summed E-state index contributed by atoms with van der Waals surface area (Å²) in [6, 6.07) is 4.53. The summed E-state index contributed by atoms with van der Waals surface area (Å²) in [5, 5.41) is 0. The Bertz CT molecular complexity index is 434. The van der Waals surface area contributed by atoms with E-state index in [1.165, 1.54) is 20.8 Å². The van der Waals surface area contributed by atoms with Gasteiger partial charge in [0.05, 0.1) is 15.4 Å². The summed E-state index contributed by atoms with van der Waals surface area (Å²) < 4.78 is 7.26. The van der Waals surface area contributed by atoms with Gasteiger partial charge >= 0.3 is 0 Å². The molecule has 2 aliphatic rings. The van der Waals surface area contributed by atoms with Gasteiger partial charge in [0.25, 0.3) is 0 Å². The molecule has 0 amide bonds. The molecule has 2 saturated heterocycles. The van der Waals surface area contributed by atoms with Crippen molar-refractivity contribution in [1.82, 2.24) is 5.43 Å². The van der Waals surface area contributed by atoms with Crippen LogP contribution in [-0.2, 0) is 4.74 Å². The summed E-state index contributed by atoms with van der Waals surface area (Å²) in [7, 11) is 0. The van der Waals surface area contributed by atoms with Crippen LogP contribution >= 0.6 is 39.0 Å². The van der Waals surface area contributed by atoms with Gasteiger partial charge in [0.15, 0.2) is 0 Å². The molecule has 3 heterocycles. The first kappa shape index (κ1) is 14.4. The Kier molecular flexibility index (Phi) is 4.56. The highest BCUT2D eigenvalue weighted by atomic mass is 79.9. The van der Waals surface area contributed by atoms with E-state index in [0.717, 1.165) is 25.2 Å². The van der Waals surface area contributed by atoms with Gasteiger partial charge in [-0.1, -0.05) is 0 Å². The third kappa shape index (κ3) is 3.04. The lowest BCUT2D eigenvalue weighted by molar-refractivity contribution is -0.0852. The molecule has 0 saturated carbocycles. The van der Waals surface area contributed by atoms with Crippen LogP contribution in [0.1, 0.15) is 30.2 Å². The molecule has 0 radical (unpaired) electrons. The molecule has 3 unspecified atom stereocenters. The topological polar surface area (TPSA) is 47.3 Å². The maximum Gasteiger partial charge on any atom is 0.0783 e. The van der Waals surface area contributed by atoms with Crippen molar-refractivity contribution in [3.63, 3.8) is 0 Å². The molecule has 6 heteroatoms. The minimum Gasteiger partial charge on any atom is -0.374 e. The smallest absolute Gasteiger partial charge is 0.0783 e. The average Bonchev–Trinajstić information content (AvgIpc) is 3.01. The number of nitrogens with two attached hydrogens (primary N) is 1. The van der Waals surface area contributed by atoms with Crippen molar-refractivity contribution < 1.29 is 4.74 Å². The van der Waals surface area contributed by atoms with Crippen LogP contribution in [0, 0.1) is 5.92 Å². The molecule has 2 aliphatic heterocycles. The largest absolute Gasteiger partial charge is 0.374 e. The minimum atomic E-state index is 0.122. The van der Waals surface area contributed by atoms with Crippen LogP contribution < -0.4 is 11.3 Å². The molecule has 0 aliphatic carbocycles. The zero-order valence-corrected chi connectivity index (χ0v) is 14.0. The Morgan fingerprint density at radius 3 is 3.05 bits per heavy atom. The predicted octanol–water partition coefficient (Wildman–Crippen LogP) is 3.32. The van der Waals surface area contributed by atoms with E-state index in [-0.39, 0.29) is 11.6 Å². The van der Waals surface area contributed by atoms with Gasteiger partial charge < -0.3 is 4.74 Å². The van der Waals surface area contributed by atoms with Crippen molar-refractivity contribution in [2.45, 2.75) is 30.9 Å². The van der Waals surface area contributed by atoms with Crippen molar-refractivity contribution in [2.24, 2.45) is 11.8 Å². The highest BCUT2D eigenvalue weighted by Crippen LogP contribution is 2.44. The second kappa shape index (κ2) is 6.03. The maximum atomic E-state index is 6.10. The Labute approximate surface area is 130 Å². The standard InChI is InChI=1S/C13H19BrN2OS2/c14-11-2-1-10(19-11)12(16-15)9-3-5-17-13(7-9)4-6-18-8-13/h1-2,9,12,16H,3-8,15H2. The third-order valence-electron chi connectivity index (χ3n) is 4.15. The van der Waals surface area contributed by atoms with Crippen LogP contribution in [0.15, 0.2) is 15.9 Å². The second-order valence-electron chi connectivity index (χ2n) is 5.37. The fourth-order valence-electron chi connectivity index (χ4n) is 3.16. The van der Waals surface area contributed by atoms with Crippen LogP contribution in [0.3, 0.4) is 0 Å². The Morgan fingerprint density at radius 1 is 1.53 bits per heavy atom. The molecule has 1 aromatic rings. The molecule has 19 heavy (non-hydrogen) atoms. The molecule has 1 aromatic heterocycles. The highest BCUT2D eigenvalue weighted by Gasteiger charge is 2.42. The summed E-state index contributed by atoms with van der Waals surface area (Å²) in [6.07, 6.45) is 3.42. The predicted molar refractivity (Wildman–Crippen MR) is 85.4 cm³/mol. The number of thiophene rings is 1. The van der Waals surface area contributed by atoms with Crippen molar-refractivity contribution in [2.75, 3.05) is 18.1 Å². The number of hydrogen-bond donors (Lipinski definition) is 2. The molecule has 3 atom stereocenters. The normalized spacial score (nSPS) is 32.8. The molecule has 3 N–H and O–H groups in total. The highest BCUT2D eigenvalue weighted by molar-refractivity contribution is 9.11. The molecule has 0 aromatic carbocycles. The van der Waals surface area contributed by atoms with Gasteiger partial charge in [-0.2, -0.15) is 11.8 Å². The van der Waals surface area contributed by atoms with Crippen molar-refractivity contribution in [3.8, 4) is 0 Å². The lowest BCUT2D eigenvalue weighted by Crippen LogP contribution is -2.44. The van der Waals surface area contributed by atoms with E-state index < -0.39 is 0 Å². The maximum absolute atomic E-state index is 6.10.